The number of carbonyl (C=O) groups is 2. The summed E-state index contributed by atoms with van der Waals surface area (Å²) in [5.74, 6) is 0.353. The van der Waals surface area contributed by atoms with E-state index >= 15 is 0 Å². The van der Waals surface area contributed by atoms with Crippen LogP contribution in [0.4, 0.5) is 0 Å². The van der Waals surface area contributed by atoms with Gasteiger partial charge in [0.15, 0.2) is 0 Å². The topological polar surface area (TPSA) is 58.2 Å². The lowest BCUT2D eigenvalue weighted by Crippen LogP contribution is -2.47. The first-order valence-electron chi connectivity index (χ1n) is 8.57. The van der Waals surface area contributed by atoms with E-state index in [2.05, 4.69) is 26.6 Å². The highest BCUT2D eigenvalue weighted by atomic mass is 79.9. The Balaban J connectivity index is 1.93. The largest absolute Gasteiger partial charge is 0.354 e. The second-order valence-electron chi connectivity index (χ2n) is 5.95. The van der Waals surface area contributed by atoms with Gasteiger partial charge in [0.1, 0.15) is 6.04 Å². The maximum atomic E-state index is 12.6. The monoisotopic (exact) mass is 468 g/mol. The van der Waals surface area contributed by atoms with Crippen LogP contribution in [-0.4, -0.2) is 36.4 Å². The first-order chi connectivity index (χ1) is 13.0. The molecular weight excluding hydrogens is 448 g/mol. The zero-order valence-electron chi connectivity index (χ0n) is 15.0. The van der Waals surface area contributed by atoms with Gasteiger partial charge in [0.2, 0.25) is 5.91 Å². The molecule has 0 fully saturated rings. The summed E-state index contributed by atoms with van der Waals surface area (Å²) < 4.78 is 0.703. The van der Waals surface area contributed by atoms with Gasteiger partial charge in [0.05, 0.1) is 5.56 Å². The molecule has 0 aliphatic heterocycles. The molecule has 0 heterocycles. The smallest absolute Gasteiger partial charge is 0.253 e. The molecule has 0 saturated heterocycles. The van der Waals surface area contributed by atoms with E-state index in [0.29, 0.717) is 34.4 Å². The Morgan fingerprint density at radius 1 is 1.15 bits per heavy atom. The Morgan fingerprint density at radius 3 is 2.52 bits per heavy atom. The van der Waals surface area contributed by atoms with Gasteiger partial charge in [-0.2, -0.15) is 11.8 Å². The van der Waals surface area contributed by atoms with Crippen molar-refractivity contribution < 1.29 is 9.59 Å². The first kappa shape index (κ1) is 21.8. The standard InChI is InChI=1S/C20H22BrClN2O2S/c1-27-13-11-18(24-19(25)16-4-2-3-5-17(16)21)20(26)23-12-10-14-6-8-15(22)9-7-14/h2-9,18H,10-13H2,1H3,(H,23,26)(H,24,25)/t18-/m1/s1. The highest BCUT2D eigenvalue weighted by molar-refractivity contribution is 9.10. The molecule has 2 N–H and O–H groups in total. The van der Waals surface area contributed by atoms with E-state index in [9.17, 15) is 9.59 Å². The summed E-state index contributed by atoms with van der Waals surface area (Å²) in [6, 6.07) is 14.1. The second kappa shape index (κ2) is 11.4. The van der Waals surface area contributed by atoms with E-state index < -0.39 is 6.04 Å². The third-order valence-corrected chi connectivity index (χ3v) is 5.56. The van der Waals surface area contributed by atoms with E-state index in [4.69, 9.17) is 11.6 Å². The molecule has 2 aromatic carbocycles. The van der Waals surface area contributed by atoms with Gasteiger partial charge >= 0.3 is 0 Å². The summed E-state index contributed by atoms with van der Waals surface area (Å²) >= 11 is 10.9. The number of rotatable bonds is 9. The van der Waals surface area contributed by atoms with Crippen molar-refractivity contribution >= 4 is 51.1 Å². The highest BCUT2D eigenvalue weighted by Crippen LogP contribution is 2.16. The number of benzene rings is 2. The molecule has 0 radical (unpaired) electrons. The molecular formula is C20H22BrClN2O2S. The number of carbonyl (C=O) groups excluding carboxylic acids is 2. The number of hydrogen-bond donors (Lipinski definition) is 2. The molecule has 0 spiro atoms. The minimum Gasteiger partial charge on any atom is -0.354 e. The van der Waals surface area contributed by atoms with Gasteiger partial charge in [0.25, 0.3) is 5.91 Å². The van der Waals surface area contributed by atoms with Crippen LogP contribution in [0.5, 0.6) is 0 Å². The van der Waals surface area contributed by atoms with Gasteiger partial charge in [0, 0.05) is 16.0 Å². The average Bonchev–Trinajstić information content (AvgIpc) is 2.66. The minimum absolute atomic E-state index is 0.168. The average molecular weight is 470 g/mol. The molecule has 144 valence electrons. The second-order valence-corrected chi connectivity index (χ2v) is 8.23. The Bertz CT molecular complexity index is 771. The van der Waals surface area contributed by atoms with Crippen molar-refractivity contribution in [2.45, 2.75) is 18.9 Å². The molecule has 0 unspecified atom stereocenters. The van der Waals surface area contributed by atoms with E-state index in [-0.39, 0.29) is 11.8 Å². The van der Waals surface area contributed by atoms with Crippen molar-refractivity contribution in [1.29, 1.82) is 0 Å². The lowest BCUT2D eigenvalue weighted by molar-refractivity contribution is -0.122. The predicted molar refractivity (Wildman–Crippen MR) is 117 cm³/mol. The molecule has 0 aromatic heterocycles. The molecule has 0 saturated carbocycles. The molecule has 0 bridgehead atoms. The molecule has 2 aromatic rings. The van der Waals surface area contributed by atoms with Crippen LogP contribution < -0.4 is 10.6 Å². The minimum atomic E-state index is -0.567. The van der Waals surface area contributed by atoms with Crippen molar-refractivity contribution in [2.75, 3.05) is 18.6 Å². The normalized spacial score (nSPS) is 11.7. The fourth-order valence-electron chi connectivity index (χ4n) is 2.49. The van der Waals surface area contributed by atoms with Gasteiger partial charge in [-0.3, -0.25) is 9.59 Å². The lowest BCUT2D eigenvalue weighted by atomic mass is 10.1. The van der Waals surface area contributed by atoms with Gasteiger partial charge < -0.3 is 10.6 Å². The lowest BCUT2D eigenvalue weighted by Gasteiger charge is -2.18. The molecule has 1 atom stereocenters. The summed E-state index contributed by atoms with van der Waals surface area (Å²) in [5, 5.41) is 6.46. The number of thioether (sulfide) groups is 1. The summed E-state index contributed by atoms with van der Waals surface area (Å²) in [4.78, 5) is 25.1. The number of halogens is 2. The first-order valence-corrected chi connectivity index (χ1v) is 11.1. The van der Waals surface area contributed by atoms with Crippen LogP contribution in [0.3, 0.4) is 0 Å². The van der Waals surface area contributed by atoms with Crippen molar-refractivity contribution in [3.63, 3.8) is 0 Å². The van der Waals surface area contributed by atoms with Crippen LogP contribution in [-0.2, 0) is 11.2 Å². The van der Waals surface area contributed by atoms with Crippen LogP contribution in [0.25, 0.3) is 0 Å². The molecule has 27 heavy (non-hydrogen) atoms. The van der Waals surface area contributed by atoms with Crippen LogP contribution in [0.15, 0.2) is 53.0 Å². The predicted octanol–water partition coefficient (Wildman–Crippen LogP) is 4.31. The van der Waals surface area contributed by atoms with E-state index in [0.717, 1.165) is 11.3 Å². The fourth-order valence-corrected chi connectivity index (χ4v) is 3.55. The summed E-state index contributed by atoms with van der Waals surface area (Å²) in [7, 11) is 0. The third-order valence-electron chi connectivity index (χ3n) is 3.98. The van der Waals surface area contributed by atoms with E-state index in [1.54, 1.807) is 30.0 Å². The summed E-state index contributed by atoms with van der Waals surface area (Å²) in [6.45, 7) is 0.501. The van der Waals surface area contributed by atoms with Gasteiger partial charge in [-0.05, 0) is 70.6 Å². The third kappa shape index (κ3) is 7.20. The molecule has 0 aliphatic carbocycles. The molecule has 2 amide bonds. The number of hydrogen-bond acceptors (Lipinski definition) is 3. The zero-order valence-corrected chi connectivity index (χ0v) is 18.2. The SMILES string of the molecule is CSCC[C@@H](NC(=O)c1ccccc1Br)C(=O)NCCc1ccc(Cl)cc1. The Kier molecular flexibility index (Phi) is 9.18. The Morgan fingerprint density at radius 2 is 1.85 bits per heavy atom. The van der Waals surface area contributed by atoms with Crippen LogP contribution in [0.1, 0.15) is 22.3 Å². The van der Waals surface area contributed by atoms with Gasteiger partial charge in [-0.15, -0.1) is 0 Å². The molecule has 2 rings (SSSR count). The summed E-state index contributed by atoms with van der Waals surface area (Å²) in [6.07, 6.45) is 3.26. The maximum absolute atomic E-state index is 12.6. The zero-order chi connectivity index (χ0) is 19.6. The van der Waals surface area contributed by atoms with Gasteiger partial charge in [-0.1, -0.05) is 35.9 Å². The molecule has 7 heteroatoms. The van der Waals surface area contributed by atoms with Crippen LogP contribution in [0.2, 0.25) is 5.02 Å². The molecule has 0 aliphatic rings. The Hall–Kier alpha value is -1.50. The van der Waals surface area contributed by atoms with E-state index in [1.165, 1.54) is 0 Å². The summed E-state index contributed by atoms with van der Waals surface area (Å²) in [5.41, 5.74) is 1.61. The van der Waals surface area contributed by atoms with Crippen LogP contribution in [0, 0.1) is 0 Å². The highest BCUT2D eigenvalue weighted by Gasteiger charge is 2.21. The van der Waals surface area contributed by atoms with Crippen molar-refractivity contribution in [3.8, 4) is 0 Å². The fraction of sp³-hybridized carbons (Fsp3) is 0.300. The number of amides is 2. The molecule has 4 nitrogen and oxygen atoms in total. The Labute approximate surface area is 177 Å². The van der Waals surface area contributed by atoms with Crippen molar-refractivity contribution in [3.05, 3.63) is 69.2 Å². The van der Waals surface area contributed by atoms with E-state index in [1.807, 2.05) is 36.6 Å². The van der Waals surface area contributed by atoms with Gasteiger partial charge in [-0.25, -0.2) is 0 Å². The van der Waals surface area contributed by atoms with Crippen molar-refractivity contribution in [1.82, 2.24) is 10.6 Å². The maximum Gasteiger partial charge on any atom is 0.253 e. The van der Waals surface area contributed by atoms with Crippen molar-refractivity contribution in [2.24, 2.45) is 0 Å². The quantitative estimate of drug-likeness (QED) is 0.575. The van der Waals surface area contributed by atoms with Crippen LogP contribution >= 0.6 is 39.3 Å². The number of nitrogens with one attached hydrogen (secondary N) is 2.